The van der Waals surface area contributed by atoms with Gasteiger partial charge in [-0.3, -0.25) is 0 Å². The number of hydrogen-bond acceptors (Lipinski definition) is 3. The quantitative estimate of drug-likeness (QED) is 0.775. The van der Waals surface area contributed by atoms with Crippen LogP contribution in [0.1, 0.15) is 46.5 Å². The molecule has 1 aliphatic carbocycles. The lowest BCUT2D eigenvalue weighted by molar-refractivity contribution is -0.000536. The predicted octanol–water partition coefficient (Wildman–Crippen LogP) is 1.88. The molecule has 0 aromatic heterocycles. The Bertz CT molecular complexity index is 227. The van der Waals surface area contributed by atoms with Gasteiger partial charge in [0.15, 0.2) is 0 Å². The fourth-order valence-corrected chi connectivity index (χ4v) is 3.03. The molecule has 1 rings (SSSR count). The molecule has 0 aliphatic heterocycles. The zero-order valence-electron chi connectivity index (χ0n) is 11.9. The first-order valence-corrected chi connectivity index (χ1v) is 6.78. The monoisotopic (exact) mass is 243 g/mol. The molecule has 0 heterocycles. The molecule has 0 aromatic rings. The molecule has 102 valence electrons. The number of aliphatic hydroxyl groups excluding tert-OH is 1. The maximum absolute atomic E-state index is 9.81. The number of aliphatic hydroxyl groups is 2. The van der Waals surface area contributed by atoms with E-state index in [0.29, 0.717) is 6.54 Å². The van der Waals surface area contributed by atoms with Crippen LogP contribution in [0.3, 0.4) is 0 Å². The van der Waals surface area contributed by atoms with Crippen LogP contribution in [0.25, 0.3) is 0 Å². The van der Waals surface area contributed by atoms with E-state index >= 15 is 0 Å². The van der Waals surface area contributed by atoms with Crippen LogP contribution >= 0.6 is 0 Å². The Balaban J connectivity index is 2.51. The van der Waals surface area contributed by atoms with Gasteiger partial charge in [0.05, 0.1) is 5.60 Å². The summed E-state index contributed by atoms with van der Waals surface area (Å²) in [5.74, 6) is 0.800. The molecule has 0 bridgehead atoms. The average molecular weight is 243 g/mol. The van der Waals surface area contributed by atoms with Crippen LogP contribution < -0.4 is 0 Å². The minimum absolute atomic E-state index is 0.0620. The predicted molar refractivity (Wildman–Crippen MR) is 70.9 cm³/mol. The van der Waals surface area contributed by atoms with Crippen molar-refractivity contribution in [3.8, 4) is 0 Å². The van der Waals surface area contributed by atoms with Crippen LogP contribution in [0.4, 0.5) is 0 Å². The fourth-order valence-electron chi connectivity index (χ4n) is 3.03. The van der Waals surface area contributed by atoms with E-state index in [0.717, 1.165) is 25.3 Å². The van der Waals surface area contributed by atoms with E-state index in [1.54, 1.807) is 0 Å². The summed E-state index contributed by atoms with van der Waals surface area (Å²) in [6.07, 6.45) is 4.66. The third-order valence-electron chi connectivity index (χ3n) is 3.93. The van der Waals surface area contributed by atoms with E-state index in [9.17, 15) is 10.2 Å². The molecule has 1 saturated carbocycles. The molecule has 0 spiro atoms. The largest absolute Gasteiger partial charge is 0.396 e. The molecular weight excluding hydrogens is 214 g/mol. The Morgan fingerprint density at radius 3 is 2.24 bits per heavy atom. The summed E-state index contributed by atoms with van der Waals surface area (Å²) in [6.45, 7) is 7.78. The lowest BCUT2D eigenvalue weighted by Crippen LogP contribution is -2.45. The van der Waals surface area contributed by atoms with Gasteiger partial charge in [0.2, 0.25) is 0 Å². The van der Waals surface area contributed by atoms with Crippen molar-refractivity contribution in [2.75, 3.05) is 26.7 Å². The van der Waals surface area contributed by atoms with Crippen molar-refractivity contribution in [3.05, 3.63) is 0 Å². The van der Waals surface area contributed by atoms with E-state index in [4.69, 9.17) is 0 Å². The average Bonchev–Trinajstić information content (AvgIpc) is 2.19. The third kappa shape index (κ3) is 4.94. The van der Waals surface area contributed by atoms with E-state index in [2.05, 4.69) is 11.8 Å². The molecule has 3 heteroatoms. The first-order chi connectivity index (χ1) is 7.76. The maximum Gasteiger partial charge on any atom is 0.0718 e. The van der Waals surface area contributed by atoms with Gasteiger partial charge in [0.1, 0.15) is 0 Å². The van der Waals surface area contributed by atoms with Crippen LogP contribution in [0, 0.1) is 11.3 Å². The first-order valence-electron chi connectivity index (χ1n) is 6.78. The molecule has 0 saturated heterocycles. The summed E-state index contributed by atoms with van der Waals surface area (Å²) in [6, 6.07) is 0. The van der Waals surface area contributed by atoms with E-state index in [-0.39, 0.29) is 12.0 Å². The van der Waals surface area contributed by atoms with Gasteiger partial charge >= 0.3 is 0 Å². The van der Waals surface area contributed by atoms with Gasteiger partial charge in [0.25, 0.3) is 0 Å². The number of likely N-dealkylation sites (N-methyl/N-ethyl adjacent to an activating group) is 1. The van der Waals surface area contributed by atoms with Crippen LogP contribution in [0.15, 0.2) is 0 Å². The Morgan fingerprint density at radius 2 is 1.82 bits per heavy atom. The van der Waals surface area contributed by atoms with Crippen molar-refractivity contribution in [2.24, 2.45) is 11.3 Å². The molecule has 0 unspecified atom stereocenters. The summed E-state index contributed by atoms with van der Waals surface area (Å²) in [4.78, 5) is 2.16. The molecule has 0 amide bonds. The van der Waals surface area contributed by atoms with Crippen molar-refractivity contribution in [1.29, 1.82) is 0 Å². The van der Waals surface area contributed by atoms with Crippen molar-refractivity contribution in [1.82, 2.24) is 4.90 Å². The second kappa shape index (κ2) is 5.68. The van der Waals surface area contributed by atoms with Crippen LogP contribution in [-0.2, 0) is 0 Å². The minimum atomic E-state index is -0.659. The summed E-state index contributed by atoms with van der Waals surface area (Å²) in [5.41, 5.74) is -0.597. The zero-order valence-corrected chi connectivity index (χ0v) is 11.9. The Labute approximate surface area is 106 Å². The molecule has 2 N–H and O–H groups in total. The Morgan fingerprint density at radius 1 is 1.29 bits per heavy atom. The molecule has 1 aliphatic rings. The summed E-state index contributed by atoms with van der Waals surface area (Å²) < 4.78 is 0. The summed E-state index contributed by atoms with van der Waals surface area (Å²) >= 11 is 0. The van der Waals surface area contributed by atoms with Crippen molar-refractivity contribution < 1.29 is 10.2 Å². The molecule has 3 nitrogen and oxygen atoms in total. The standard InChI is InChI=1S/C14H29NO2/c1-12-5-7-14(11-16,8-6-12)10-15(4)9-13(2,3)17/h12,16-17H,5-11H2,1-4H3. The fraction of sp³-hybridized carbons (Fsp3) is 1.00. The zero-order chi connectivity index (χ0) is 13.1. The Hall–Kier alpha value is -0.120. The number of nitrogens with zero attached hydrogens (tertiary/aromatic N) is 1. The highest BCUT2D eigenvalue weighted by molar-refractivity contribution is 4.87. The number of rotatable bonds is 5. The highest BCUT2D eigenvalue weighted by Crippen LogP contribution is 2.39. The van der Waals surface area contributed by atoms with Gasteiger partial charge in [-0.25, -0.2) is 0 Å². The van der Waals surface area contributed by atoms with Crippen molar-refractivity contribution in [2.45, 2.75) is 52.1 Å². The summed E-state index contributed by atoms with van der Waals surface area (Å²) in [5, 5.41) is 19.5. The molecule has 17 heavy (non-hydrogen) atoms. The normalized spacial score (nSPS) is 30.9. The van der Waals surface area contributed by atoms with E-state index < -0.39 is 5.60 Å². The highest BCUT2D eigenvalue weighted by atomic mass is 16.3. The second-order valence-corrected chi connectivity index (χ2v) is 6.83. The van der Waals surface area contributed by atoms with Crippen LogP contribution in [0.2, 0.25) is 0 Å². The van der Waals surface area contributed by atoms with E-state index in [1.807, 2.05) is 20.9 Å². The van der Waals surface area contributed by atoms with Gasteiger partial charge in [0, 0.05) is 25.1 Å². The van der Waals surface area contributed by atoms with Gasteiger partial charge in [-0.2, -0.15) is 0 Å². The first kappa shape index (κ1) is 14.9. The lowest BCUT2D eigenvalue weighted by Gasteiger charge is -2.41. The van der Waals surface area contributed by atoms with E-state index in [1.165, 1.54) is 12.8 Å². The third-order valence-corrected chi connectivity index (χ3v) is 3.93. The maximum atomic E-state index is 9.81. The molecular formula is C14H29NO2. The van der Waals surface area contributed by atoms with Crippen molar-refractivity contribution in [3.63, 3.8) is 0 Å². The Kier molecular flexibility index (Phi) is 4.99. The van der Waals surface area contributed by atoms with Gasteiger partial charge < -0.3 is 15.1 Å². The number of hydrogen-bond donors (Lipinski definition) is 2. The SMILES string of the molecule is CC1CCC(CO)(CN(C)CC(C)(C)O)CC1. The van der Waals surface area contributed by atoms with Gasteiger partial charge in [-0.05, 0) is 39.7 Å². The molecule has 0 atom stereocenters. The van der Waals surface area contributed by atoms with Crippen LogP contribution in [0.5, 0.6) is 0 Å². The second-order valence-electron chi connectivity index (χ2n) is 6.83. The van der Waals surface area contributed by atoms with Crippen LogP contribution in [-0.4, -0.2) is 47.5 Å². The lowest BCUT2D eigenvalue weighted by atomic mass is 9.71. The van der Waals surface area contributed by atoms with Gasteiger partial charge in [-0.15, -0.1) is 0 Å². The smallest absolute Gasteiger partial charge is 0.0718 e. The molecule has 0 radical (unpaired) electrons. The molecule has 1 fully saturated rings. The topological polar surface area (TPSA) is 43.7 Å². The van der Waals surface area contributed by atoms with Gasteiger partial charge in [-0.1, -0.05) is 19.8 Å². The highest BCUT2D eigenvalue weighted by Gasteiger charge is 2.35. The van der Waals surface area contributed by atoms with Crippen molar-refractivity contribution >= 4 is 0 Å². The molecule has 0 aromatic carbocycles. The minimum Gasteiger partial charge on any atom is -0.396 e. The summed E-state index contributed by atoms with van der Waals surface area (Å²) in [7, 11) is 2.04.